The molecule has 0 radical (unpaired) electrons. The number of terminal acetylenes is 2. The third kappa shape index (κ3) is 3.70. The van der Waals surface area contributed by atoms with Crippen LogP contribution in [0.4, 0.5) is 0 Å². The number of carbonyl (C=O) groups excluding carboxylic acids is 1. The first-order valence-electron chi connectivity index (χ1n) is 2.97. The van der Waals surface area contributed by atoms with E-state index in [1.54, 1.807) is 0 Å². The zero-order valence-electron chi connectivity index (χ0n) is 6.01. The second-order valence-corrected chi connectivity index (χ2v) is 2.35. The Hall–Kier alpha value is -0.930. The zero-order valence-corrected chi connectivity index (χ0v) is 7.60. The van der Waals surface area contributed by atoms with Gasteiger partial charge in [-0.05, 0) is 0 Å². The molecule has 58 valence electrons. The van der Waals surface area contributed by atoms with E-state index in [4.69, 9.17) is 12.8 Å². The van der Waals surface area contributed by atoms with Crippen LogP contribution in [0.5, 0.6) is 0 Å². The van der Waals surface area contributed by atoms with Crippen molar-refractivity contribution in [3.63, 3.8) is 0 Å². The third-order valence-electron chi connectivity index (χ3n) is 1.03. The molecule has 0 aromatic heterocycles. The van der Waals surface area contributed by atoms with Crippen molar-refractivity contribution >= 4 is 21.8 Å². The van der Waals surface area contributed by atoms with Gasteiger partial charge in [-0.1, -0.05) is 27.8 Å². The second-order valence-electron chi connectivity index (χ2n) is 1.79. The smallest absolute Gasteiger partial charge is 0.234 e. The Morgan fingerprint density at radius 3 is 2.09 bits per heavy atom. The summed E-state index contributed by atoms with van der Waals surface area (Å²) in [5.41, 5.74) is 0. The van der Waals surface area contributed by atoms with Gasteiger partial charge in [0, 0.05) is 0 Å². The highest BCUT2D eigenvalue weighted by molar-refractivity contribution is 9.09. The normalized spacial score (nSPS) is 7.91. The predicted octanol–water partition coefficient (Wildman–Crippen LogP) is 0.476. The Morgan fingerprint density at radius 1 is 1.36 bits per heavy atom. The van der Waals surface area contributed by atoms with E-state index in [2.05, 4.69) is 27.8 Å². The van der Waals surface area contributed by atoms with Gasteiger partial charge in [0.25, 0.3) is 0 Å². The van der Waals surface area contributed by atoms with Gasteiger partial charge in [0.15, 0.2) is 0 Å². The van der Waals surface area contributed by atoms with Crippen molar-refractivity contribution in [2.45, 2.75) is 0 Å². The van der Waals surface area contributed by atoms with E-state index in [0.717, 1.165) is 0 Å². The lowest BCUT2D eigenvalue weighted by Gasteiger charge is -2.14. The lowest BCUT2D eigenvalue weighted by atomic mass is 10.4. The molecule has 0 aliphatic carbocycles. The van der Waals surface area contributed by atoms with Gasteiger partial charge in [0.2, 0.25) is 5.91 Å². The van der Waals surface area contributed by atoms with Gasteiger partial charge in [-0.3, -0.25) is 4.79 Å². The molecule has 11 heavy (non-hydrogen) atoms. The van der Waals surface area contributed by atoms with Crippen LogP contribution in [0.3, 0.4) is 0 Å². The molecule has 3 heteroatoms. The minimum atomic E-state index is -0.0825. The summed E-state index contributed by atoms with van der Waals surface area (Å²) in [7, 11) is 0. The van der Waals surface area contributed by atoms with Crippen LogP contribution in [-0.2, 0) is 4.79 Å². The summed E-state index contributed by atoms with van der Waals surface area (Å²) in [6.45, 7) is 0.545. The molecular weight excluding hydrogens is 206 g/mol. The molecular formula is C8H8BrNO. The van der Waals surface area contributed by atoms with E-state index in [1.165, 1.54) is 4.90 Å². The number of rotatable bonds is 3. The number of hydrogen-bond donors (Lipinski definition) is 0. The summed E-state index contributed by atoms with van der Waals surface area (Å²) in [5, 5.41) is 0.260. The zero-order chi connectivity index (χ0) is 8.69. The van der Waals surface area contributed by atoms with Crippen LogP contribution >= 0.6 is 15.9 Å². The van der Waals surface area contributed by atoms with E-state index in [0.29, 0.717) is 0 Å². The highest BCUT2D eigenvalue weighted by Crippen LogP contribution is 1.91. The summed E-state index contributed by atoms with van der Waals surface area (Å²) < 4.78 is 0. The summed E-state index contributed by atoms with van der Waals surface area (Å²) in [6.07, 6.45) is 10.0. The van der Waals surface area contributed by atoms with Crippen LogP contribution in [0.2, 0.25) is 0 Å². The Labute approximate surface area is 75.1 Å². The van der Waals surface area contributed by atoms with Gasteiger partial charge in [-0.25, -0.2) is 0 Å². The molecule has 0 spiro atoms. The number of nitrogens with zero attached hydrogens (tertiary/aromatic N) is 1. The first-order chi connectivity index (χ1) is 5.26. The molecule has 2 nitrogen and oxygen atoms in total. The van der Waals surface area contributed by atoms with Crippen molar-refractivity contribution < 1.29 is 4.79 Å². The van der Waals surface area contributed by atoms with Gasteiger partial charge < -0.3 is 4.90 Å². The highest BCUT2D eigenvalue weighted by atomic mass is 79.9. The number of amides is 1. The first-order valence-corrected chi connectivity index (χ1v) is 4.09. The lowest BCUT2D eigenvalue weighted by Crippen LogP contribution is -2.32. The van der Waals surface area contributed by atoms with E-state index in [9.17, 15) is 4.79 Å². The Morgan fingerprint density at radius 2 is 1.82 bits per heavy atom. The largest absolute Gasteiger partial charge is 0.320 e. The summed E-state index contributed by atoms with van der Waals surface area (Å²) in [6, 6.07) is 0. The maximum atomic E-state index is 11.0. The van der Waals surface area contributed by atoms with Gasteiger partial charge in [0.05, 0.1) is 18.4 Å². The molecule has 0 saturated heterocycles. The molecule has 0 rings (SSSR count). The van der Waals surface area contributed by atoms with Crippen LogP contribution in [0.15, 0.2) is 0 Å². The molecule has 0 N–H and O–H groups in total. The quantitative estimate of drug-likeness (QED) is 0.494. The van der Waals surface area contributed by atoms with Crippen LogP contribution < -0.4 is 0 Å². The Balaban J connectivity index is 4.02. The van der Waals surface area contributed by atoms with E-state index < -0.39 is 0 Å². The number of hydrogen-bond acceptors (Lipinski definition) is 1. The SMILES string of the molecule is C#CCN(CC#C)C(=O)CBr. The van der Waals surface area contributed by atoms with Crippen molar-refractivity contribution in [2.24, 2.45) is 0 Å². The van der Waals surface area contributed by atoms with Gasteiger partial charge in [-0.15, -0.1) is 12.8 Å². The Kier molecular flexibility index (Phi) is 5.33. The van der Waals surface area contributed by atoms with Crippen molar-refractivity contribution in [1.82, 2.24) is 4.90 Å². The fourth-order valence-corrected chi connectivity index (χ4v) is 0.892. The lowest BCUT2D eigenvalue weighted by molar-refractivity contribution is -0.127. The predicted molar refractivity (Wildman–Crippen MR) is 48.0 cm³/mol. The van der Waals surface area contributed by atoms with Crippen molar-refractivity contribution in [2.75, 3.05) is 18.4 Å². The monoisotopic (exact) mass is 213 g/mol. The van der Waals surface area contributed by atoms with Crippen LogP contribution in [0.1, 0.15) is 0 Å². The summed E-state index contributed by atoms with van der Waals surface area (Å²) in [4.78, 5) is 12.4. The molecule has 0 aliphatic rings. The average Bonchev–Trinajstić information content (AvgIpc) is 2.03. The van der Waals surface area contributed by atoms with Crippen LogP contribution in [0.25, 0.3) is 0 Å². The maximum Gasteiger partial charge on any atom is 0.234 e. The minimum Gasteiger partial charge on any atom is -0.320 e. The molecule has 1 amide bonds. The van der Waals surface area contributed by atoms with Crippen LogP contribution in [0, 0.1) is 24.7 Å². The highest BCUT2D eigenvalue weighted by Gasteiger charge is 2.07. The number of halogens is 1. The molecule has 0 unspecified atom stereocenters. The van der Waals surface area contributed by atoms with Crippen molar-refractivity contribution in [1.29, 1.82) is 0 Å². The number of alkyl halides is 1. The van der Waals surface area contributed by atoms with E-state index in [-0.39, 0.29) is 24.3 Å². The topological polar surface area (TPSA) is 20.3 Å². The molecule has 0 bridgehead atoms. The van der Waals surface area contributed by atoms with Crippen LogP contribution in [-0.4, -0.2) is 29.2 Å². The second kappa shape index (κ2) is 5.82. The van der Waals surface area contributed by atoms with E-state index >= 15 is 0 Å². The van der Waals surface area contributed by atoms with Gasteiger partial charge >= 0.3 is 0 Å². The molecule has 0 aromatic carbocycles. The molecule has 0 atom stereocenters. The maximum absolute atomic E-state index is 11.0. The average molecular weight is 214 g/mol. The molecule has 0 heterocycles. The van der Waals surface area contributed by atoms with E-state index in [1.807, 2.05) is 0 Å². The third-order valence-corrected chi connectivity index (χ3v) is 1.51. The minimum absolute atomic E-state index is 0.0825. The van der Waals surface area contributed by atoms with Crippen molar-refractivity contribution in [3.05, 3.63) is 0 Å². The van der Waals surface area contributed by atoms with Gasteiger partial charge in [-0.2, -0.15) is 0 Å². The molecule has 0 aliphatic heterocycles. The Bertz CT molecular complexity index is 195. The van der Waals surface area contributed by atoms with Gasteiger partial charge in [0.1, 0.15) is 0 Å². The fourth-order valence-electron chi connectivity index (χ4n) is 0.537. The first kappa shape index (κ1) is 10.1. The van der Waals surface area contributed by atoms with Crippen molar-refractivity contribution in [3.8, 4) is 24.7 Å². The summed E-state index contributed by atoms with van der Waals surface area (Å²) >= 11 is 3.03. The molecule has 0 saturated carbocycles. The standard InChI is InChI=1S/C8H8BrNO/c1-3-5-10(6-4-2)8(11)7-9/h1-2H,5-7H2. The summed E-state index contributed by atoms with van der Waals surface area (Å²) in [5.74, 6) is 4.63. The molecule has 0 fully saturated rings. The number of carbonyl (C=O) groups is 1. The molecule has 0 aromatic rings. The fraction of sp³-hybridized carbons (Fsp3) is 0.375.